The van der Waals surface area contributed by atoms with Gasteiger partial charge in [-0.25, -0.2) is 0 Å². The molecule has 2 rings (SSSR count). The number of benzene rings is 1. The van der Waals surface area contributed by atoms with Crippen molar-refractivity contribution in [1.29, 1.82) is 0 Å². The second-order valence-electron chi connectivity index (χ2n) is 4.38. The van der Waals surface area contributed by atoms with E-state index in [2.05, 4.69) is 11.8 Å². The highest BCUT2D eigenvalue weighted by molar-refractivity contribution is 6.27. The van der Waals surface area contributed by atoms with Crippen LogP contribution >= 0.6 is 0 Å². The smallest absolute Gasteiger partial charge is 0.216 e. The number of carbonyl (C=O) groups is 2. The fourth-order valence-electron chi connectivity index (χ4n) is 2.53. The Morgan fingerprint density at radius 1 is 1.33 bits per heavy atom. The van der Waals surface area contributed by atoms with Crippen molar-refractivity contribution in [2.45, 2.75) is 19.9 Å². The molecule has 1 aliphatic heterocycles. The summed E-state index contributed by atoms with van der Waals surface area (Å²) in [5.74, 6) is -0.361. The molecule has 0 N–H and O–H groups in total. The summed E-state index contributed by atoms with van der Waals surface area (Å²) in [7, 11) is 0. The van der Waals surface area contributed by atoms with Crippen molar-refractivity contribution < 1.29 is 9.59 Å². The van der Waals surface area contributed by atoms with E-state index in [9.17, 15) is 9.59 Å². The number of Topliss-reactive ketones (excluding diaryl/α,β-unsaturated/α-hetero) is 1. The Hall–Kier alpha value is -1.68. The first kappa shape index (κ1) is 12.8. The number of nitrogens with zero attached hydrogens (tertiary/aromatic N) is 2. The molecule has 1 atom stereocenters. The Morgan fingerprint density at radius 3 is 2.67 bits per heavy atom. The quantitative estimate of drug-likeness (QED) is 0.598. The summed E-state index contributed by atoms with van der Waals surface area (Å²) in [6.45, 7) is 6.41. The predicted molar refractivity (Wildman–Crippen MR) is 70.5 cm³/mol. The predicted octanol–water partition coefficient (Wildman–Crippen LogP) is 1.61. The normalized spacial score (nSPS) is 19.4. The highest BCUT2D eigenvalue weighted by Crippen LogP contribution is 2.35. The maximum absolute atomic E-state index is 11.9. The Bertz CT molecular complexity index is 459. The number of hydrogen-bond donors (Lipinski definition) is 0. The number of fused-ring (bicyclic) bond motifs is 1. The fourth-order valence-corrected chi connectivity index (χ4v) is 2.53. The van der Waals surface area contributed by atoms with Crippen LogP contribution in [0.1, 0.15) is 25.5 Å². The minimum atomic E-state index is -0.425. The van der Waals surface area contributed by atoms with Crippen LogP contribution in [0.15, 0.2) is 24.3 Å². The lowest BCUT2D eigenvalue weighted by Crippen LogP contribution is -2.47. The number of para-hydroxylation sites is 1. The van der Waals surface area contributed by atoms with E-state index in [-0.39, 0.29) is 5.78 Å². The average molecular weight is 246 g/mol. The Kier molecular flexibility index (Phi) is 3.77. The minimum Gasteiger partial charge on any atom is -0.358 e. The van der Waals surface area contributed by atoms with E-state index in [1.807, 2.05) is 36.1 Å². The second kappa shape index (κ2) is 5.31. The van der Waals surface area contributed by atoms with E-state index in [0.717, 1.165) is 24.3 Å². The van der Waals surface area contributed by atoms with Crippen molar-refractivity contribution in [1.82, 2.24) is 4.90 Å². The zero-order valence-electron chi connectivity index (χ0n) is 10.8. The largest absolute Gasteiger partial charge is 0.358 e. The van der Waals surface area contributed by atoms with Crippen LogP contribution in [-0.2, 0) is 9.59 Å². The lowest BCUT2D eigenvalue weighted by Gasteiger charge is -2.41. The van der Waals surface area contributed by atoms with E-state index in [4.69, 9.17) is 0 Å². The van der Waals surface area contributed by atoms with Crippen LogP contribution in [0.25, 0.3) is 0 Å². The first-order valence-electron chi connectivity index (χ1n) is 6.29. The van der Waals surface area contributed by atoms with Gasteiger partial charge >= 0.3 is 0 Å². The number of likely N-dealkylation sites (N-methyl/N-ethyl adjacent to an activating group) is 1. The molecule has 1 heterocycles. The molecule has 0 aromatic heterocycles. The molecule has 0 amide bonds. The molecule has 1 aromatic carbocycles. The lowest BCUT2D eigenvalue weighted by atomic mass is 9.97. The van der Waals surface area contributed by atoms with Gasteiger partial charge in [-0.2, -0.15) is 0 Å². The molecule has 0 radical (unpaired) electrons. The molecule has 1 aliphatic rings. The third-order valence-electron chi connectivity index (χ3n) is 3.46. The topological polar surface area (TPSA) is 40.6 Å². The van der Waals surface area contributed by atoms with Crippen LogP contribution < -0.4 is 4.90 Å². The van der Waals surface area contributed by atoms with Crippen molar-refractivity contribution >= 4 is 17.8 Å². The van der Waals surface area contributed by atoms with Crippen molar-refractivity contribution in [3.63, 3.8) is 0 Å². The summed E-state index contributed by atoms with van der Waals surface area (Å²) in [4.78, 5) is 26.9. The summed E-state index contributed by atoms with van der Waals surface area (Å²) in [5, 5.41) is 0. The van der Waals surface area contributed by atoms with Crippen LogP contribution in [-0.4, -0.2) is 36.7 Å². The molecule has 0 aliphatic carbocycles. The molecule has 96 valence electrons. The Labute approximate surface area is 107 Å². The van der Waals surface area contributed by atoms with Gasteiger partial charge in [0, 0.05) is 17.8 Å². The van der Waals surface area contributed by atoms with Gasteiger partial charge in [-0.05, 0) is 19.5 Å². The molecule has 1 unspecified atom stereocenters. The number of carbonyl (C=O) groups excluding carboxylic acids is 2. The molecule has 18 heavy (non-hydrogen) atoms. The van der Waals surface area contributed by atoms with Crippen LogP contribution in [0.3, 0.4) is 0 Å². The lowest BCUT2D eigenvalue weighted by molar-refractivity contribution is -0.133. The van der Waals surface area contributed by atoms with Gasteiger partial charge in [0.2, 0.25) is 5.78 Å². The molecule has 0 saturated carbocycles. The zero-order valence-corrected chi connectivity index (χ0v) is 10.8. The molecule has 0 saturated heterocycles. The van der Waals surface area contributed by atoms with Crippen LogP contribution in [0.5, 0.6) is 0 Å². The standard InChI is InChI=1S/C14H18N2O2/c1-3-15-10-16(4-2)14(13(18)9-17)11-7-5-6-8-12(11)15/h5-9,14H,3-4,10H2,1-2H3. The summed E-state index contributed by atoms with van der Waals surface area (Å²) >= 11 is 0. The van der Waals surface area contributed by atoms with Crippen LogP contribution in [0.2, 0.25) is 0 Å². The van der Waals surface area contributed by atoms with E-state index in [1.165, 1.54) is 0 Å². The van der Waals surface area contributed by atoms with Crippen molar-refractivity contribution in [3.05, 3.63) is 29.8 Å². The number of anilines is 1. The monoisotopic (exact) mass is 246 g/mol. The summed E-state index contributed by atoms with van der Waals surface area (Å²) < 4.78 is 0. The summed E-state index contributed by atoms with van der Waals surface area (Å²) in [5.41, 5.74) is 1.99. The van der Waals surface area contributed by atoms with Crippen molar-refractivity contribution in [2.24, 2.45) is 0 Å². The number of rotatable bonds is 4. The van der Waals surface area contributed by atoms with E-state index in [0.29, 0.717) is 13.0 Å². The van der Waals surface area contributed by atoms with E-state index >= 15 is 0 Å². The molecule has 1 aromatic rings. The summed E-state index contributed by atoms with van der Waals surface area (Å²) in [6, 6.07) is 7.40. The van der Waals surface area contributed by atoms with Crippen molar-refractivity contribution in [2.75, 3.05) is 24.7 Å². The first-order chi connectivity index (χ1) is 8.72. The molecule has 0 fully saturated rings. The Morgan fingerprint density at radius 2 is 2.06 bits per heavy atom. The van der Waals surface area contributed by atoms with Crippen LogP contribution in [0, 0.1) is 0 Å². The highest BCUT2D eigenvalue weighted by atomic mass is 16.2. The maximum Gasteiger partial charge on any atom is 0.216 e. The average Bonchev–Trinajstić information content (AvgIpc) is 2.44. The maximum atomic E-state index is 11.9. The van der Waals surface area contributed by atoms with Gasteiger partial charge in [-0.1, -0.05) is 25.1 Å². The van der Waals surface area contributed by atoms with Crippen molar-refractivity contribution in [3.8, 4) is 0 Å². The Balaban J connectivity index is 2.50. The van der Waals surface area contributed by atoms with Gasteiger partial charge in [0.25, 0.3) is 0 Å². The van der Waals surface area contributed by atoms with Gasteiger partial charge in [0.05, 0.1) is 6.67 Å². The molecular weight excluding hydrogens is 228 g/mol. The van der Waals surface area contributed by atoms with E-state index in [1.54, 1.807) is 0 Å². The molecule has 4 heteroatoms. The molecular formula is C14H18N2O2. The molecule has 0 bridgehead atoms. The zero-order chi connectivity index (χ0) is 13.1. The van der Waals surface area contributed by atoms with E-state index < -0.39 is 6.04 Å². The molecule has 4 nitrogen and oxygen atoms in total. The van der Waals surface area contributed by atoms with Gasteiger partial charge < -0.3 is 4.90 Å². The minimum absolute atomic E-state index is 0.361. The highest BCUT2D eigenvalue weighted by Gasteiger charge is 2.34. The van der Waals surface area contributed by atoms with Gasteiger partial charge in [-0.15, -0.1) is 0 Å². The molecule has 0 spiro atoms. The van der Waals surface area contributed by atoms with Gasteiger partial charge in [0.15, 0.2) is 6.29 Å². The second-order valence-corrected chi connectivity index (χ2v) is 4.38. The van der Waals surface area contributed by atoms with Crippen LogP contribution in [0.4, 0.5) is 5.69 Å². The number of ketones is 1. The van der Waals surface area contributed by atoms with Gasteiger partial charge in [-0.3, -0.25) is 14.5 Å². The number of hydrogen-bond acceptors (Lipinski definition) is 4. The third-order valence-corrected chi connectivity index (χ3v) is 3.46. The number of aldehydes is 1. The first-order valence-corrected chi connectivity index (χ1v) is 6.29. The fraction of sp³-hybridized carbons (Fsp3) is 0.429. The SMILES string of the molecule is CCN1CN(CC)C(C(=O)C=O)c2ccccc21. The summed E-state index contributed by atoms with van der Waals surface area (Å²) in [6.07, 6.45) is 0.436. The van der Waals surface area contributed by atoms with Gasteiger partial charge in [0.1, 0.15) is 6.04 Å². The third kappa shape index (κ3) is 2.04.